The molecule has 13 aliphatic rings. The zero-order chi connectivity index (χ0) is 36.4. The van der Waals surface area contributed by atoms with E-state index in [4.69, 9.17) is 0 Å². The number of hydrogen-bond acceptors (Lipinski definition) is 0. The highest BCUT2D eigenvalue weighted by Crippen LogP contribution is 2.73. The first-order valence-corrected chi connectivity index (χ1v) is 24.0. The van der Waals surface area contributed by atoms with Crippen LogP contribution in [0.1, 0.15) is 211 Å². The van der Waals surface area contributed by atoms with Crippen LogP contribution in [0.5, 0.6) is 0 Å². The van der Waals surface area contributed by atoms with Crippen LogP contribution in [0.2, 0.25) is 0 Å². The van der Waals surface area contributed by atoms with Gasteiger partial charge in [0, 0.05) is 0 Å². The lowest BCUT2D eigenvalue weighted by Crippen LogP contribution is -2.51. The van der Waals surface area contributed by atoms with Crippen molar-refractivity contribution in [2.45, 2.75) is 211 Å². The summed E-state index contributed by atoms with van der Waals surface area (Å²) < 4.78 is 0. The van der Waals surface area contributed by atoms with Crippen LogP contribution in [-0.2, 0) is 0 Å². The van der Waals surface area contributed by atoms with Gasteiger partial charge in [0.1, 0.15) is 0 Å². The molecule has 8 atom stereocenters. The summed E-state index contributed by atoms with van der Waals surface area (Å²) in [6.45, 7) is 27.5. The van der Waals surface area contributed by atoms with Crippen molar-refractivity contribution >= 4 is 0 Å². The molecule has 0 N–H and O–H groups in total. The maximum atomic E-state index is 2.58. The molecule has 0 heteroatoms. The summed E-state index contributed by atoms with van der Waals surface area (Å²) in [5.41, 5.74) is 4.00. The van der Waals surface area contributed by atoms with Crippen molar-refractivity contribution in [3.05, 3.63) is 0 Å². The lowest BCUT2D eigenvalue weighted by Gasteiger charge is -2.60. The van der Waals surface area contributed by atoms with Crippen LogP contribution in [0.15, 0.2) is 0 Å². The Balaban J connectivity index is 0.0000000978. The molecule has 0 aliphatic heterocycles. The fourth-order valence-electron chi connectivity index (χ4n) is 18.7. The van der Waals surface area contributed by atoms with Gasteiger partial charge in [-0.2, -0.15) is 0 Å². The number of fused-ring (bicyclic) bond motifs is 7. The Kier molecular flexibility index (Phi) is 9.68. The molecular formula is C51H88. The van der Waals surface area contributed by atoms with Crippen molar-refractivity contribution < 1.29 is 0 Å². The fraction of sp³-hybridized carbons (Fsp3) is 1.00. The Morgan fingerprint density at radius 2 is 0.980 bits per heavy atom. The second-order valence-electron chi connectivity index (χ2n) is 24.8. The highest BCUT2D eigenvalue weighted by molar-refractivity contribution is 5.14. The summed E-state index contributed by atoms with van der Waals surface area (Å²) in [5, 5.41) is 0. The van der Waals surface area contributed by atoms with Gasteiger partial charge in [0.15, 0.2) is 0 Å². The molecule has 13 saturated carbocycles. The van der Waals surface area contributed by atoms with Crippen LogP contribution in [0.4, 0.5) is 0 Å². The van der Waals surface area contributed by atoms with E-state index >= 15 is 0 Å². The molecule has 0 saturated heterocycles. The van der Waals surface area contributed by atoms with Crippen LogP contribution in [0.25, 0.3) is 0 Å². The van der Waals surface area contributed by atoms with Crippen molar-refractivity contribution in [2.24, 2.45) is 109 Å². The third-order valence-corrected chi connectivity index (χ3v) is 23.0. The predicted octanol–water partition coefficient (Wildman–Crippen LogP) is 15.4. The lowest BCUT2D eigenvalue weighted by atomic mass is 9.45. The number of rotatable bonds is 3. The van der Waals surface area contributed by atoms with E-state index in [0.29, 0.717) is 21.7 Å². The predicted molar refractivity (Wildman–Crippen MR) is 219 cm³/mol. The van der Waals surface area contributed by atoms with Gasteiger partial charge in [0.2, 0.25) is 0 Å². The maximum absolute atomic E-state index is 2.58. The Bertz CT molecular complexity index is 1190. The first-order chi connectivity index (χ1) is 24.0. The summed E-state index contributed by atoms with van der Waals surface area (Å²) in [5.74, 6) is 14.5. The minimum Gasteiger partial charge on any atom is -0.0649 e. The van der Waals surface area contributed by atoms with E-state index in [1.54, 1.807) is 96.3 Å². The van der Waals surface area contributed by atoms with Crippen molar-refractivity contribution in [1.29, 1.82) is 0 Å². The molecule has 0 aromatic heterocycles. The van der Waals surface area contributed by atoms with Crippen LogP contribution in [0.3, 0.4) is 0 Å². The summed E-state index contributed by atoms with van der Waals surface area (Å²) in [6.07, 6.45) is 32.3. The monoisotopic (exact) mass is 701 g/mol. The summed E-state index contributed by atoms with van der Waals surface area (Å²) in [4.78, 5) is 0. The second-order valence-corrected chi connectivity index (χ2v) is 24.8. The van der Waals surface area contributed by atoms with Crippen LogP contribution < -0.4 is 0 Å². The van der Waals surface area contributed by atoms with E-state index in [1.165, 1.54) is 44.4 Å². The van der Waals surface area contributed by atoms with Crippen LogP contribution in [-0.4, -0.2) is 0 Å². The topological polar surface area (TPSA) is 0 Å². The third kappa shape index (κ3) is 5.79. The van der Waals surface area contributed by atoms with E-state index in [-0.39, 0.29) is 0 Å². The highest BCUT2D eigenvalue weighted by atomic mass is 14.7. The van der Waals surface area contributed by atoms with Gasteiger partial charge in [0.25, 0.3) is 0 Å². The molecule has 8 unspecified atom stereocenters. The molecule has 0 amide bonds. The third-order valence-electron chi connectivity index (χ3n) is 23.0. The van der Waals surface area contributed by atoms with Gasteiger partial charge in [-0.15, -0.1) is 0 Å². The first-order valence-electron chi connectivity index (χ1n) is 24.0. The standard InChI is InChI=1S/2C13H22.C13H24.C12H20/c1-3-13(2)11-5-9-4-10(7-11)8-12(13)6-9;1-3-13(2)8-9-7-12(13)11-6-4-5-10(9)11;1-6-13(5)11(2,3)10-7-8-12(13,4)9-10;1-12(2)10-4-8-3-9(6-10)7-11(12)5-8/h2*9-12H,3-8H2,1-2H3;10H,6-9H2,1-5H3;8-11H,3-7H2,1-2H3. The molecule has 0 aromatic rings. The van der Waals surface area contributed by atoms with Gasteiger partial charge < -0.3 is 0 Å². The number of hydrogen-bond donors (Lipinski definition) is 0. The van der Waals surface area contributed by atoms with Gasteiger partial charge in [-0.1, -0.05) is 95.4 Å². The molecule has 13 rings (SSSR count). The quantitative estimate of drug-likeness (QED) is 0.275. The SMILES string of the molecule is CC1(C)C2CC3CC(C2)CC1C3.CCC1(C)C2(C)CCC(C2)C1(C)C.CCC1(C)C2CC3CC(C2)CC1C3.CCC1(C)CC2CC1C1CCCC21. The molecule has 0 heterocycles. The van der Waals surface area contributed by atoms with Gasteiger partial charge in [-0.25, -0.2) is 0 Å². The van der Waals surface area contributed by atoms with Gasteiger partial charge in [-0.05, 0) is 225 Å². The first kappa shape index (κ1) is 37.9. The van der Waals surface area contributed by atoms with E-state index in [2.05, 4.69) is 76.2 Å². The summed E-state index contributed by atoms with van der Waals surface area (Å²) >= 11 is 0. The smallest absolute Gasteiger partial charge is 0.0221 e. The molecule has 51 heavy (non-hydrogen) atoms. The molecule has 292 valence electrons. The van der Waals surface area contributed by atoms with E-state index < -0.39 is 0 Å². The largest absolute Gasteiger partial charge is 0.0649 e. The molecule has 0 aromatic carbocycles. The fourth-order valence-corrected chi connectivity index (χ4v) is 18.7. The summed E-state index contributed by atoms with van der Waals surface area (Å²) in [6, 6.07) is 0. The van der Waals surface area contributed by atoms with Crippen molar-refractivity contribution in [3.8, 4) is 0 Å². The zero-order valence-corrected chi connectivity index (χ0v) is 36.4. The Morgan fingerprint density at radius 1 is 0.471 bits per heavy atom. The van der Waals surface area contributed by atoms with Gasteiger partial charge in [0.05, 0.1) is 0 Å². The van der Waals surface area contributed by atoms with Crippen LogP contribution >= 0.6 is 0 Å². The minimum absolute atomic E-state index is 0.578. The lowest BCUT2D eigenvalue weighted by molar-refractivity contribution is -0.1000. The molecule has 0 radical (unpaired) electrons. The Labute approximate surface area is 319 Å². The Morgan fingerprint density at radius 3 is 1.41 bits per heavy atom. The maximum Gasteiger partial charge on any atom is -0.0221 e. The molecule has 0 spiro atoms. The summed E-state index contributed by atoms with van der Waals surface area (Å²) in [7, 11) is 0. The molecule has 13 fully saturated rings. The van der Waals surface area contributed by atoms with Gasteiger partial charge in [-0.3, -0.25) is 0 Å². The second kappa shape index (κ2) is 13.0. The highest BCUT2D eigenvalue weighted by Gasteiger charge is 2.65. The van der Waals surface area contributed by atoms with E-state index in [0.717, 1.165) is 81.8 Å². The Hall–Kier alpha value is 0. The molecule has 12 bridgehead atoms. The van der Waals surface area contributed by atoms with Crippen LogP contribution in [0, 0.1) is 109 Å². The normalized spacial score (nSPS) is 56.2. The van der Waals surface area contributed by atoms with E-state index in [1.807, 2.05) is 0 Å². The average molecular weight is 701 g/mol. The molecule has 0 nitrogen and oxygen atoms in total. The molecule has 13 aliphatic carbocycles. The van der Waals surface area contributed by atoms with Gasteiger partial charge >= 0.3 is 0 Å². The zero-order valence-electron chi connectivity index (χ0n) is 36.4. The van der Waals surface area contributed by atoms with Crippen molar-refractivity contribution in [2.75, 3.05) is 0 Å². The average Bonchev–Trinajstić information content (AvgIpc) is 3.90. The minimum atomic E-state index is 0.578. The van der Waals surface area contributed by atoms with Crippen molar-refractivity contribution in [3.63, 3.8) is 0 Å². The van der Waals surface area contributed by atoms with E-state index in [9.17, 15) is 0 Å². The van der Waals surface area contributed by atoms with Crippen molar-refractivity contribution in [1.82, 2.24) is 0 Å². The molecular weight excluding hydrogens is 613 g/mol.